The Bertz CT molecular complexity index is 966. The molecule has 1 aliphatic heterocycles. The third kappa shape index (κ3) is 3.20. The Labute approximate surface area is 157 Å². The number of hydrogen-bond donors (Lipinski definition) is 1. The number of piperazine rings is 1. The molecule has 7 heteroatoms. The van der Waals surface area contributed by atoms with Crippen molar-refractivity contribution in [2.45, 2.75) is 19.9 Å². The van der Waals surface area contributed by atoms with E-state index < -0.39 is 0 Å². The second-order valence-corrected chi connectivity index (χ2v) is 7.12. The highest BCUT2D eigenvalue weighted by molar-refractivity contribution is 5.98. The van der Waals surface area contributed by atoms with Gasteiger partial charge in [0, 0.05) is 44.0 Å². The van der Waals surface area contributed by atoms with Gasteiger partial charge < -0.3 is 19.4 Å². The van der Waals surface area contributed by atoms with Crippen molar-refractivity contribution in [2.75, 3.05) is 26.2 Å². The Kier molecular flexibility index (Phi) is 4.43. The molecule has 1 aromatic carbocycles. The first kappa shape index (κ1) is 17.3. The first-order valence-corrected chi connectivity index (χ1v) is 9.23. The molecule has 140 valence electrons. The van der Waals surface area contributed by atoms with Gasteiger partial charge in [-0.2, -0.15) is 0 Å². The number of imidazole rings is 1. The number of fused-ring (bicyclic) bond motifs is 1. The van der Waals surface area contributed by atoms with Crippen molar-refractivity contribution in [2.24, 2.45) is 0 Å². The molecular formula is C20H23N5O2. The Hall–Kier alpha value is -3.09. The highest BCUT2D eigenvalue weighted by Crippen LogP contribution is 2.20. The summed E-state index contributed by atoms with van der Waals surface area (Å²) in [4.78, 5) is 36.2. The molecule has 1 saturated heterocycles. The molecule has 0 radical (unpaired) electrons. The minimum atomic E-state index is -0.0206. The third-order valence-electron chi connectivity index (χ3n) is 5.06. The second kappa shape index (κ2) is 6.90. The molecule has 1 fully saturated rings. The van der Waals surface area contributed by atoms with Crippen LogP contribution in [0.15, 0.2) is 42.9 Å². The van der Waals surface area contributed by atoms with E-state index in [4.69, 9.17) is 0 Å². The van der Waals surface area contributed by atoms with Gasteiger partial charge in [-0.05, 0) is 44.2 Å². The van der Waals surface area contributed by atoms with Gasteiger partial charge in [0.25, 0.3) is 11.8 Å². The average Bonchev–Trinajstić information content (AvgIpc) is 3.36. The molecule has 1 N–H and O–H groups in total. The second-order valence-electron chi connectivity index (χ2n) is 7.12. The van der Waals surface area contributed by atoms with Crippen LogP contribution in [0.5, 0.6) is 0 Å². The Morgan fingerprint density at radius 2 is 1.74 bits per heavy atom. The zero-order valence-corrected chi connectivity index (χ0v) is 15.6. The molecule has 7 nitrogen and oxygen atoms in total. The molecule has 3 heterocycles. The monoisotopic (exact) mass is 365 g/mol. The number of nitrogens with one attached hydrogen (secondary N) is 1. The zero-order valence-electron chi connectivity index (χ0n) is 15.6. The van der Waals surface area contributed by atoms with E-state index in [0.29, 0.717) is 43.5 Å². The fourth-order valence-corrected chi connectivity index (χ4v) is 3.51. The van der Waals surface area contributed by atoms with E-state index in [1.54, 1.807) is 22.1 Å². The number of nitrogens with zero attached hydrogens (tertiary/aromatic N) is 4. The smallest absolute Gasteiger partial charge is 0.270 e. The lowest BCUT2D eigenvalue weighted by Gasteiger charge is -2.34. The average molecular weight is 365 g/mol. The highest BCUT2D eigenvalue weighted by Gasteiger charge is 2.26. The fourth-order valence-electron chi connectivity index (χ4n) is 3.51. The van der Waals surface area contributed by atoms with Crippen molar-refractivity contribution in [3.05, 3.63) is 54.1 Å². The predicted molar refractivity (Wildman–Crippen MR) is 103 cm³/mol. The van der Waals surface area contributed by atoms with Crippen molar-refractivity contribution in [1.29, 1.82) is 0 Å². The summed E-state index contributed by atoms with van der Waals surface area (Å²) in [5.74, 6) is -0.0317. The first-order valence-electron chi connectivity index (χ1n) is 9.23. The van der Waals surface area contributed by atoms with Crippen LogP contribution in [-0.2, 0) is 0 Å². The third-order valence-corrected chi connectivity index (χ3v) is 5.06. The number of benzene rings is 1. The lowest BCUT2D eigenvalue weighted by Crippen LogP contribution is -2.50. The summed E-state index contributed by atoms with van der Waals surface area (Å²) in [6, 6.07) is 9.58. The topological polar surface area (TPSA) is 74.2 Å². The maximum absolute atomic E-state index is 12.9. The number of aromatic nitrogens is 3. The van der Waals surface area contributed by atoms with E-state index in [0.717, 1.165) is 11.0 Å². The van der Waals surface area contributed by atoms with Crippen LogP contribution in [0, 0.1) is 0 Å². The van der Waals surface area contributed by atoms with Crippen LogP contribution in [0.1, 0.15) is 40.7 Å². The SMILES string of the molecule is CC(C)n1cnc2cc(C(=O)N3CCN(C(=O)c4ccc[nH]4)CC3)ccc21. The van der Waals surface area contributed by atoms with E-state index in [-0.39, 0.29) is 11.8 Å². The summed E-state index contributed by atoms with van der Waals surface area (Å²) in [6.45, 7) is 6.34. The molecule has 0 bridgehead atoms. The molecule has 27 heavy (non-hydrogen) atoms. The van der Waals surface area contributed by atoms with Crippen LogP contribution in [-0.4, -0.2) is 62.3 Å². The summed E-state index contributed by atoms with van der Waals surface area (Å²) in [5, 5.41) is 0. The first-order chi connectivity index (χ1) is 13.0. The molecule has 1 aliphatic rings. The highest BCUT2D eigenvalue weighted by atomic mass is 16.2. The van der Waals surface area contributed by atoms with Crippen molar-refractivity contribution in [1.82, 2.24) is 24.3 Å². The molecule has 0 saturated carbocycles. The van der Waals surface area contributed by atoms with Gasteiger partial charge in [0.2, 0.25) is 0 Å². The summed E-state index contributed by atoms with van der Waals surface area (Å²) in [7, 11) is 0. The standard InChI is InChI=1S/C20H23N5O2/c1-14(2)25-13-22-17-12-15(5-6-18(17)25)19(26)23-8-10-24(11-9-23)20(27)16-4-3-7-21-16/h3-7,12-14,21H,8-11H2,1-2H3. The number of hydrogen-bond acceptors (Lipinski definition) is 3. The number of H-pyrrole nitrogens is 1. The molecule has 0 spiro atoms. The van der Waals surface area contributed by atoms with Crippen LogP contribution in [0.2, 0.25) is 0 Å². The summed E-state index contributed by atoms with van der Waals surface area (Å²) in [5.41, 5.74) is 3.08. The van der Waals surface area contributed by atoms with Gasteiger partial charge in [0.1, 0.15) is 5.69 Å². The van der Waals surface area contributed by atoms with E-state index in [2.05, 4.69) is 28.4 Å². The van der Waals surface area contributed by atoms with Crippen LogP contribution in [0.4, 0.5) is 0 Å². The lowest BCUT2D eigenvalue weighted by atomic mass is 10.1. The normalized spacial score (nSPS) is 14.9. The van der Waals surface area contributed by atoms with E-state index in [1.165, 1.54) is 0 Å². The van der Waals surface area contributed by atoms with Gasteiger partial charge in [-0.15, -0.1) is 0 Å². The van der Waals surface area contributed by atoms with Crippen LogP contribution in [0.25, 0.3) is 11.0 Å². The van der Waals surface area contributed by atoms with Crippen molar-refractivity contribution >= 4 is 22.8 Å². The van der Waals surface area contributed by atoms with E-state index in [1.807, 2.05) is 30.6 Å². The molecule has 0 atom stereocenters. The maximum Gasteiger partial charge on any atom is 0.270 e. The van der Waals surface area contributed by atoms with Gasteiger partial charge in [-0.25, -0.2) is 4.98 Å². The molecule has 0 unspecified atom stereocenters. The largest absolute Gasteiger partial charge is 0.357 e. The molecule has 4 rings (SSSR count). The molecule has 2 aromatic heterocycles. The number of aromatic amines is 1. The molecule has 0 aliphatic carbocycles. The minimum Gasteiger partial charge on any atom is -0.357 e. The number of rotatable bonds is 3. The van der Waals surface area contributed by atoms with Gasteiger partial charge in [0.05, 0.1) is 17.4 Å². The van der Waals surface area contributed by atoms with Crippen molar-refractivity contribution in [3.63, 3.8) is 0 Å². The number of carbonyl (C=O) groups is 2. The number of carbonyl (C=O) groups excluding carboxylic acids is 2. The molecule has 2 amide bonds. The Morgan fingerprint density at radius 1 is 1.04 bits per heavy atom. The van der Waals surface area contributed by atoms with E-state index >= 15 is 0 Å². The van der Waals surface area contributed by atoms with Gasteiger partial charge in [-0.3, -0.25) is 9.59 Å². The predicted octanol–water partition coefficient (Wildman–Crippen LogP) is 2.54. The summed E-state index contributed by atoms with van der Waals surface area (Å²) >= 11 is 0. The summed E-state index contributed by atoms with van der Waals surface area (Å²) < 4.78 is 2.09. The molecule has 3 aromatic rings. The van der Waals surface area contributed by atoms with Gasteiger partial charge in [-0.1, -0.05) is 0 Å². The molecular weight excluding hydrogens is 342 g/mol. The quantitative estimate of drug-likeness (QED) is 0.775. The lowest BCUT2D eigenvalue weighted by molar-refractivity contribution is 0.0533. The van der Waals surface area contributed by atoms with Gasteiger partial charge >= 0.3 is 0 Å². The number of amides is 2. The van der Waals surface area contributed by atoms with Crippen molar-refractivity contribution in [3.8, 4) is 0 Å². The summed E-state index contributed by atoms with van der Waals surface area (Å²) in [6.07, 6.45) is 3.55. The van der Waals surface area contributed by atoms with Crippen molar-refractivity contribution < 1.29 is 9.59 Å². The van der Waals surface area contributed by atoms with E-state index in [9.17, 15) is 9.59 Å². The zero-order chi connectivity index (χ0) is 19.0. The van der Waals surface area contributed by atoms with Crippen LogP contribution >= 0.6 is 0 Å². The minimum absolute atomic E-state index is 0.0111. The fraction of sp³-hybridized carbons (Fsp3) is 0.350. The maximum atomic E-state index is 12.9. The van der Waals surface area contributed by atoms with Crippen LogP contribution in [0.3, 0.4) is 0 Å². The Morgan fingerprint density at radius 3 is 2.37 bits per heavy atom. The van der Waals surface area contributed by atoms with Crippen LogP contribution < -0.4 is 0 Å². The van der Waals surface area contributed by atoms with Gasteiger partial charge in [0.15, 0.2) is 0 Å². The Balaban J connectivity index is 1.45.